The van der Waals surface area contributed by atoms with E-state index in [0.717, 1.165) is 13.1 Å². The molecule has 1 atom stereocenters. The molecule has 3 N–H and O–H groups in total. The maximum atomic E-state index is 5.79. The summed E-state index contributed by atoms with van der Waals surface area (Å²) in [4.78, 5) is 0. The summed E-state index contributed by atoms with van der Waals surface area (Å²) in [6.45, 7) is 2.92. The van der Waals surface area contributed by atoms with Crippen molar-refractivity contribution in [1.29, 1.82) is 0 Å². The third kappa shape index (κ3) is 2.78. The minimum atomic E-state index is 0.254. The average Bonchev–Trinajstić information content (AvgIpc) is 2.80. The molecule has 0 spiro atoms. The van der Waals surface area contributed by atoms with Crippen molar-refractivity contribution >= 4 is 0 Å². The maximum Gasteiger partial charge on any atom is 0.0587 e. The Balaban J connectivity index is 1.97. The Labute approximate surface area is 91.2 Å². The second-order valence-electron chi connectivity index (χ2n) is 4.02. The van der Waals surface area contributed by atoms with Gasteiger partial charge in [0.1, 0.15) is 0 Å². The minimum absolute atomic E-state index is 0.254. The fourth-order valence-corrected chi connectivity index (χ4v) is 2.02. The first-order chi connectivity index (χ1) is 7.40. The van der Waals surface area contributed by atoms with Gasteiger partial charge in [-0.15, -0.1) is 0 Å². The highest BCUT2D eigenvalue weighted by Gasteiger charge is 2.16. The van der Waals surface area contributed by atoms with Gasteiger partial charge < -0.3 is 5.73 Å². The zero-order valence-corrected chi connectivity index (χ0v) is 9.02. The third-order valence-corrected chi connectivity index (χ3v) is 2.88. The van der Waals surface area contributed by atoms with Crippen molar-refractivity contribution < 1.29 is 0 Å². The van der Waals surface area contributed by atoms with E-state index in [1.165, 1.54) is 18.4 Å². The van der Waals surface area contributed by atoms with Gasteiger partial charge in [0.2, 0.25) is 0 Å². The summed E-state index contributed by atoms with van der Waals surface area (Å²) < 4.78 is 0. The summed E-state index contributed by atoms with van der Waals surface area (Å²) >= 11 is 0. The molecule has 0 aliphatic carbocycles. The molecule has 0 amide bonds. The molecule has 1 aliphatic rings. The summed E-state index contributed by atoms with van der Waals surface area (Å²) in [6.07, 6.45) is 2.58. The molecule has 0 aromatic heterocycles. The van der Waals surface area contributed by atoms with Crippen LogP contribution in [-0.4, -0.2) is 24.6 Å². The van der Waals surface area contributed by atoms with Gasteiger partial charge in [0.25, 0.3) is 0 Å². The van der Waals surface area contributed by atoms with Crippen molar-refractivity contribution in [2.75, 3.05) is 19.6 Å². The Kier molecular flexibility index (Phi) is 3.72. The summed E-state index contributed by atoms with van der Waals surface area (Å²) in [5, 5.41) is 2.28. The molecule has 2 rings (SSSR count). The molecule has 3 heteroatoms. The van der Waals surface area contributed by atoms with Gasteiger partial charge in [-0.25, -0.2) is 10.4 Å². The van der Waals surface area contributed by atoms with Gasteiger partial charge in [0, 0.05) is 19.6 Å². The van der Waals surface area contributed by atoms with Crippen LogP contribution in [0.5, 0.6) is 0 Å². The van der Waals surface area contributed by atoms with E-state index in [1.54, 1.807) is 0 Å². The SMILES string of the molecule is NCC(NN1CCCC1)c1ccccc1. The monoisotopic (exact) mass is 205 g/mol. The van der Waals surface area contributed by atoms with Crippen molar-refractivity contribution in [3.8, 4) is 0 Å². The number of benzene rings is 1. The van der Waals surface area contributed by atoms with Gasteiger partial charge in [0.05, 0.1) is 6.04 Å². The fraction of sp³-hybridized carbons (Fsp3) is 0.500. The first kappa shape index (κ1) is 10.6. The predicted molar refractivity (Wildman–Crippen MR) is 62.2 cm³/mol. The number of hydrogen-bond donors (Lipinski definition) is 2. The van der Waals surface area contributed by atoms with Crippen LogP contribution >= 0.6 is 0 Å². The van der Waals surface area contributed by atoms with Gasteiger partial charge in [-0.2, -0.15) is 0 Å². The molecular weight excluding hydrogens is 186 g/mol. The van der Waals surface area contributed by atoms with Crippen molar-refractivity contribution in [2.45, 2.75) is 18.9 Å². The Hall–Kier alpha value is -0.900. The standard InChI is InChI=1S/C12H19N3/c13-10-12(11-6-2-1-3-7-11)14-15-8-4-5-9-15/h1-3,6-7,12,14H,4-5,8-10,13H2. The largest absolute Gasteiger partial charge is 0.329 e. The predicted octanol–water partition coefficient (Wildman–Crippen LogP) is 1.29. The normalized spacial score (nSPS) is 19.3. The van der Waals surface area contributed by atoms with Crippen LogP contribution in [0.4, 0.5) is 0 Å². The van der Waals surface area contributed by atoms with E-state index in [9.17, 15) is 0 Å². The molecule has 82 valence electrons. The molecule has 1 unspecified atom stereocenters. The Morgan fingerprint density at radius 3 is 2.47 bits per heavy atom. The second kappa shape index (κ2) is 5.26. The molecule has 1 saturated heterocycles. The Morgan fingerprint density at radius 2 is 1.87 bits per heavy atom. The third-order valence-electron chi connectivity index (χ3n) is 2.88. The van der Waals surface area contributed by atoms with Crippen LogP contribution in [-0.2, 0) is 0 Å². The van der Waals surface area contributed by atoms with E-state index in [2.05, 4.69) is 34.7 Å². The molecule has 0 radical (unpaired) electrons. The van der Waals surface area contributed by atoms with Crippen molar-refractivity contribution in [3.05, 3.63) is 35.9 Å². The highest BCUT2D eigenvalue weighted by Crippen LogP contribution is 2.13. The summed E-state index contributed by atoms with van der Waals surface area (Å²) in [5.41, 5.74) is 10.6. The van der Waals surface area contributed by atoms with Crippen LogP contribution in [0, 0.1) is 0 Å². The molecular formula is C12H19N3. The van der Waals surface area contributed by atoms with Gasteiger partial charge in [-0.05, 0) is 18.4 Å². The maximum absolute atomic E-state index is 5.79. The molecule has 3 nitrogen and oxygen atoms in total. The van der Waals surface area contributed by atoms with Gasteiger partial charge >= 0.3 is 0 Å². The van der Waals surface area contributed by atoms with Crippen LogP contribution in [0.3, 0.4) is 0 Å². The zero-order valence-electron chi connectivity index (χ0n) is 9.02. The molecule has 1 aromatic carbocycles. The zero-order chi connectivity index (χ0) is 10.5. The van der Waals surface area contributed by atoms with E-state index < -0.39 is 0 Å². The highest BCUT2D eigenvalue weighted by molar-refractivity contribution is 5.18. The van der Waals surface area contributed by atoms with E-state index >= 15 is 0 Å². The minimum Gasteiger partial charge on any atom is -0.329 e. The molecule has 1 aliphatic heterocycles. The molecule has 0 bridgehead atoms. The number of nitrogens with zero attached hydrogens (tertiary/aromatic N) is 1. The molecule has 1 fully saturated rings. The first-order valence-electron chi connectivity index (χ1n) is 5.66. The number of hydrazine groups is 1. The average molecular weight is 205 g/mol. The van der Waals surface area contributed by atoms with Crippen LogP contribution in [0.2, 0.25) is 0 Å². The quantitative estimate of drug-likeness (QED) is 0.778. The number of hydrogen-bond acceptors (Lipinski definition) is 3. The lowest BCUT2D eigenvalue weighted by molar-refractivity contribution is 0.200. The summed E-state index contributed by atoms with van der Waals surface area (Å²) in [7, 11) is 0. The Morgan fingerprint density at radius 1 is 1.20 bits per heavy atom. The fourth-order valence-electron chi connectivity index (χ4n) is 2.02. The summed E-state index contributed by atoms with van der Waals surface area (Å²) in [5.74, 6) is 0. The van der Waals surface area contributed by atoms with E-state index in [1.807, 2.05) is 6.07 Å². The highest BCUT2D eigenvalue weighted by atomic mass is 15.5. The lowest BCUT2D eigenvalue weighted by atomic mass is 10.1. The molecule has 1 heterocycles. The van der Waals surface area contributed by atoms with E-state index in [0.29, 0.717) is 6.54 Å². The first-order valence-corrected chi connectivity index (χ1v) is 5.66. The lowest BCUT2D eigenvalue weighted by Gasteiger charge is -2.24. The van der Waals surface area contributed by atoms with Gasteiger partial charge in [-0.3, -0.25) is 0 Å². The summed E-state index contributed by atoms with van der Waals surface area (Å²) in [6, 6.07) is 10.7. The molecule has 0 saturated carbocycles. The van der Waals surface area contributed by atoms with Crippen molar-refractivity contribution in [3.63, 3.8) is 0 Å². The number of nitrogens with two attached hydrogens (primary N) is 1. The van der Waals surface area contributed by atoms with Crippen LogP contribution in [0.25, 0.3) is 0 Å². The molecule has 15 heavy (non-hydrogen) atoms. The second-order valence-corrected chi connectivity index (χ2v) is 4.02. The van der Waals surface area contributed by atoms with E-state index in [-0.39, 0.29) is 6.04 Å². The van der Waals surface area contributed by atoms with Crippen molar-refractivity contribution in [1.82, 2.24) is 10.4 Å². The topological polar surface area (TPSA) is 41.3 Å². The van der Waals surface area contributed by atoms with Crippen LogP contribution in [0.1, 0.15) is 24.4 Å². The number of nitrogens with one attached hydrogen (secondary N) is 1. The Bertz CT molecular complexity index is 280. The van der Waals surface area contributed by atoms with Crippen LogP contribution in [0.15, 0.2) is 30.3 Å². The van der Waals surface area contributed by atoms with Crippen LogP contribution < -0.4 is 11.2 Å². The molecule has 1 aromatic rings. The van der Waals surface area contributed by atoms with E-state index in [4.69, 9.17) is 5.73 Å². The smallest absolute Gasteiger partial charge is 0.0587 e. The van der Waals surface area contributed by atoms with Crippen molar-refractivity contribution in [2.24, 2.45) is 5.73 Å². The number of rotatable bonds is 4. The van der Waals surface area contributed by atoms with Gasteiger partial charge in [0.15, 0.2) is 0 Å². The lowest BCUT2D eigenvalue weighted by Crippen LogP contribution is -2.41. The van der Waals surface area contributed by atoms with Gasteiger partial charge in [-0.1, -0.05) is 30.3 Å².